The summed E-state index contributed by atoms with van der Waals surface area (Å²) < 4.78 is 27.3. The van der Waals surface area contributed by atoms with Crippen molar-refractivity contribution < 1.29 is 23.5 Å². The van der Waals surface area contributed by atoms with Crippen molar-refractivity contribution in [2.45, 2.75) is 19.2 Å². The third-order valence-corrected chi connectivity index (χ3v) is 6.67. The summed E-state index contributed by atoms with van der Waals surface area (Å²) >= 11 is 15.4. The fraction of sp³-hybridized carbons (Fsp3) is 0.240. The van der Waals surface area contributed by atoms with Gasteiger partial charge in [-0.2, -0.15) is 0 Å². The second-order valence-corrected chi connectivity index (χ2v) is 9.84. The molecule has 2 atom stereocenters. The Labute approximate surface area is 220 Å². The van der Waals surface area contributed by atoms with Gasteiger partial charge in [0.1, 0.15) is 5.82 Å². The number of aromatic nitrogens is 1. The molecule has 3 aromatic rings. The summed E-state index contributed by atoms with van der Waals surface area (Å²) in [7, 11) is 1.28. The van der Waals surface area contributed by atoms with Crippen LogP contribution >= 0.6 is 39.1 Å². The zero-order valence-corrected chi connectivity index (χ0v) is 21.8. The number of fused-ring (bicyclic) bond motifs is 1. The number of methoxy groups -OCH3 is 1. The van der Waals surface area contributed by atoms with E-state index in [0.717, 1.165) is 0 Å². The molecule has 35 heavy (non-hydrogen) atoms. The third-order valence-electron chi connectivity index (χ3n) is 5.74. The van der Waals surface area contributed by atoms with Gasteiger partial charge in [0, 0.05) is 21.3 Å². The number of esters is 1. The van der Waals surface area contributed by atoms with Crippen molar-refractivity contribution in [1.82, 2.24) is 9.88 Å². The van der Waals surface area contributed by atoms with Gasteiger partial charge in [0.05, 0.1) is 48.0 Å². The van der Waals surface area contributed by atoms with Crippen LogP contribution in [0.5, 0.6) is 0 Å². The Morgan fingerprint density at radius 2 is 1.86 bits per heavy atom. The van der Waals surface area contributed by atoms with E-state index in [1.807, 2.05) is 0 Å². The highest BCUT2D eigenvalue weighted by atomic mass is 79.9. The van der Waals surface area contributed by atoms with E-state index in [0.29, 0.717) is 25.8 Å². The van der Waals surface area contributed by atoms with Gasteiger partial charge in [-0.1, -0.05) is 51.3 Å². The van der Waals surface area contributed by atoms with Crippen LogP contribution in [0, 0.1) is 11.7 Å². The Morgan fingerprint density at radius 1 is 1.17 bits per heavy atom. The largest absolute Gasteiger partial charge is 0.469 e. The average Bonchev–Trinajstić information content (AvgIpc) is 3.07. The number of carbonyl (C=O) groups is 2. The van der Waals surface area contributed by atoms with Crippen LogP contribution in [0.1, 0.15) is 34.1 Å². The maximum absolute atomic E-state index is 15.7. The second kappa shape index (κ2) is 10.2. The van der Waals surface area contributed by atoms with Gasteiger partial charge >= 0.3 is 5.97 Å². The van der Waals surface area contributed by atoms with Gasteiger partial charge in [-0.15, -0.1) is 0 Å². The van der Waals surface area contributed by atoms with E-state index >= 15 is 4.39 Å². The molecular formula is C25H20BrCl2FN2O4. The number of hydrogen-bond acceptors (Lipinski definition) is 5. The van der Waals surface area contributed by atoms with Crippen molar-refractivity contribution in [2.24, 2.45) is 5.92 Å². The SMILES string of the molecule is COC(=O)[C@@H](C)COC1(c2ccc(Cl)cc2)c2c(F)cc(Br)cc2C(=O)N1Cc1ccc(Cl)cn1. The summed E-state index contributed by atoms with van der Waals surface area (Å²) in [6.07, 6.45) is 1.46. The quantitative estimate of drug-likeness (QED) is 0.321. The summed E-state index contributed by atoms with van der Waals surface area (Å²) in [6.45, 7) is 1.46. The molecule has 0 aliphatic carbocycles. The molecule has 2 heterocycles. The highest BCUT2D eigenvalue weighted by Crippen LogP contribution is 2.48. The Bertz CT molecular complexity index is 1270. The van der Waals surface area contributed by atoms with Crippen molar-refractivity contribution >= 4 is 51.0 Å². The molecule has 0 fully saturated rings. The maximum Gasteiger partial charge on any atom is 0.310 e. The van der Waals surface area contributed by atoms with E-state index in [4.69, 9.17) is 32.7 Å². The molecule has 1 aliphatic heterocycles. The zero-order chi connectivity index (χ0) is 25.3. The van der Waals surface area contributed by atoms with Crippen molar-refractivity contribution in [3.63, 3.8) is 0 Å². The second-order valence-electron chi connectivity index (χ2n) is 8.06. The lowest BCUT2D eigenvalue weighted by atomic mass is 9.92. The highest BCUT2D eigenvalue weighted by molar-refractivity contribution is 9.10. The van der Waals surface area contributed by atoms with Gasteiger partial charge in [-0.3, -0.25) is 19.5 Å². The number of nitrogens with zero attached hydrogens (tertiary/aromatic N) is 2. The van der Waals surface area contributed by atoms with Gasteiger partial charge in [0.15, 0.2) is 5.72 Å². The summed E-state index contributed by atoms with van der Waals surface area (Å²) in [5, 5.41) is 0.894. The predicted molar refractivity (Wildman–Crippen MR) is 133 cm³/mol. The van der Waals surface area contributed by atoms with Crippen LogP contribution in [-0.4, -0.2) is 35.5 Å². The summed E-state index contributed by atoms with van der Waals surface area (Å²) in [5.74, 6) is -2.28. The van der Waals surface area contributed by atoms with E-state index < -0.39 is 29.3 Å². The monoisotopic (exact) mass is 580 g/mol. The lowest BCUT2D eigenvalue weighted by molar-refractivity contribution is -0.156. The first-order valence-corrected chi connectivity index (χ1v) is 12.1. The van der Waals surface area contributed by atoms with Gasteiger partial charge in [0.25, 0.3) is 5.91 Å². The van der Waals surface area contributed by atoms with Crippen LogP contribution in [0.2, 0.25) is 10.0 Å². The van der Waals surface area contributed by atoms with Crippen molar-refractivity contribution in [3.8, 4) is 0 Å². The number of carbonyl (C=O) groups excluding carboxylic acids is 2. The Kier molecular flexibility index (Phi) is 7.47. The van der Waals surface area contributed by atoms with Gasteiger partial charge in [0.2, 0.25) is 0 Å². The zero-order valence-electron chi connectivity index (χ0n) is 18.7. The minimum Gasteiger partial charge on any atom is -0.469 e. The highest BCUT2D eigenvalue weighted by Gasteiger charge is 2.54. The third kappa shape index (κ3) is 4.80. The number of hydrogen-bond donors (Lipinski definition) is 0. The van der Waals surface area contributed by atoms with Crippen LogP contribution in [0.15, 0.2) is 59.2 Å². The van der Waals surface area contributed by atoms with Gasteiger partial charge in [-0.05, 0) is 43.3 Å². The molecule has 0 bridgehead atoms. The van der Waals surface area contributed by atoms with E-state index in [1.54, 1.807) is 49.4 Å². The van der Waals surface area contributed by atoms with E-state index in [-0.39, 0.29) is 24.3 Å². The lowest BCUT2D eigenvalue weighted by Crippen LogP contribution is -2.48. The molecule has 1 aliphatic rings. The predicted octanol–water partition coefficient (Wildman–Crippen LogP) is 5.97. The van der Waals surface area contributed by atoms with E-state index in [1.165, 1.54) is 24.3 Å². The molecule has 1 amide bonds. The number of rotatable bonds is 7. The van der Waals surface area contributed by atoms with E-state index in [9.17, 15) is 9.59 Å². The number of halogens is 4. The minimum atomic E-state index is -1.70. The summed E-state index contributed by atoms with van der Waals surface area (Å²) in [4.78, 5) is 31.6. The molecule has 6 nitrogen and oxygen atoms in total. The minimum absolute atomic E-state index is 0.0169. The lowest BCUT2D eigenvalue weighted by Gasteiger charge is -2.40. The molecule has 2 aromatic carbocycles. The number of pyridine rings is 1. The number of ether oxygens (including phenoxy) is 2. The van der Waals surface area contributed by atoms with Gasteiger partial charge < -0.3 is 9.47 Å². The first-order chi connectivity index (χ1) is 16.7. The molecule has 0 N–H and O–H groups in total. The number of amides is 1. The molecule has 182 valence electrons. The normalized spacial score (nSPS) is 17.9. The van der Waals surface area contributed by atoms with Crippen molar-refractivity contribution in [1.29, 1.82) is 0 Å². The molecule has 0 saturated carbocycles. The molecule has 1 unspecified atom stereocenters. The fourth-order valence-electron chi connectivity index (χ4n) is 4.08. The maximum atomic E-state index is 15.7. The Morgan fingerprint density at radius 3 is 2.49 bits per heavy atom. The van der Waals surface area contributed by atoms with Crippen LogP contribution in [0.4, 0.5) is 4.39 Å². The summed E-state index contributed by atoms with van der Waals surface area (Å²) in [5.41, 5.74) is -0.560. The molecule has 0 spiro atoms. The topological polar surface area (TPSA) is 68.7 Å². The molecule has 0 radical (unpaired) electrons. The number of benzene rings is 2. The average molecular weight is 582 g/mol. The molecular weight excluding hydrogens is 562 g/mol. The molecule has 0 saturated heterocycles. The fourth-order valence-corrected chi connectivity index (χ4v) is 4.75. The molecule has 10 heteroatoms. The van der Waals surface area contributed by atoms with Crippen LogP contribution in [0.25, 0.3) is 0 Å². The molecule has 4 rings (SSSR count). The summed E-state index contributed by atoms with van der Waals surface area (Å²) in [6, 6.07) is 12.7. The van der Waals surface area contributed by atoms with Crippen LogP contribution in [0.3, 0.4) is 0 Å². The Hall–Kier alpha value is -2.52. The van der Waals surface area contributed by atoms with Crippen LogP contribution in [-0.2, 0) is 26.5 Å². The van der Waals surface area contributed by atoms with Crippen LogP contribution < -0.4 is 0 Å². The smallest absolute Gasteiger partial charge is 0.310 e. The van der Waals surface area contributed by atoms with Gasteiger partial charge in [-0.25, -0.2) is 4.39 Å². The van der Waals surface area contributed by atoms with Crippen molar-refractivity contribution in [3.05, 3.63) is 97.4 Å². The first-order valence-electron chi connectivity index (χ1n) is 10.6. The van der Waals surface area contributed by atoms with E-state index in [2.05, 4.69) is 20.9 Å². The standard InChI is InChI=1S/C25H20BrCl2FN2O4/c1-14(24(33)34-2)13-35-25(15-3-5-17(27)6-4-15)22-20(9-16(26)10-21(22)29)23(32)31(25)12-19-8-7-18(28)11-30-19/h3-11,14H,12-13H2,1-2H3/t14-,25?/m0/s1. The molecule has 1 aromatic heterocycles. The van der Waals surface area contributed by atoms with Crippen molar-refractivity contribution in [2.75, 3.05) is 13.7 Å². The Balaban J connectivity index is 1.93. The first kappa shape index (κ1) is 25.6.